The zero-order valence-corrected chi connectivity index (χ0v) is 20.5. The Balaban J connectivity index is 1.29. The summed E-state index contributed by atoms with van der Waals surface area (Å²) in [6.45, 7) is 2.50. The van der Waals surface area contributed by atoms with E-state index in [0.717, 1.165) is 22.0 Å². The second-order valence-corrected chi connectivity index (χ2v) is 9.14. The number of nitrogens with one attached hydrogen (secondary N) is 1. The lowest BCUT2D eigenvalue weighted by molar-refractivity contribution is -0.126. The minimum Gasteiger partial charge on any atom is -0.366 e. The second-order valence-electron chi connectivity index (χ2n) is 8.70. The average molecular weight is 496 g/mol. The molecule has 0 bridgehead atoms. The van der Waals surface area contributed by atoms with Gasteiger partial charge in [-0.3, -0.25) is 9.59 Å². The maximum Gasteiger partial charge on any atom is 0.256 e. The van der Waals surface area contributed by atoms with Gasteiger partial charge in [-0.15, -0.1) is 0 Å². The highest BCUT2D eigenvalue weighted by Gasteiger charge is 2.22. The van der Waals surface area contributed by atoms with Gasteiger partial charge in [-0.25, -0.2) is 0 Å². The summed E-state index contributed by atoms with van der Waals surface area (Å²) >= 11 is 6.30. The monoisotopic (exact) mass is 495 g/mol. The van der Waals surface area contributed by atoms with Crippen molar-refractivity contribution in [1.29, 1.82) is 0 Å². The lowest BCUT2D eigenvalue weighted by Crippen LogP contribution is -2.48. The van der Waals surface area contributed by atoms with E-state index in [1.165, 1.54) is 0 Å². The number of piperazine rings is 1. The van der Waals surface area contributed by atoms with Crippen LogP contribution in [-0.2, 0) is 4.79 Å². The number of carbonyl (C=O) groups excluding carboxylic acids is 2. The van der Waals surface area contributed by atoms with Crippen LogP contribution in [0, 0.1) is 0 Å². The first-order valence-electron chi connectivity index (χ1n) is 11.9. The topological polar surface area (TPSA) is 52.7 Å². The van der Waals surface area contributed by atoms with E-state index < -0.39 is 0 Å². The van der Waals surface area contributed by atoms with Crippen LogP contribution < -0.4 is 10.2 Å². The highest BCUT2D eigenvalue weighted by molar-refractivity contribution is 6.31. The van der Waals surface area contributed by atoms with E-state index in [0.29, 0.717) is 42.5 Å². The average Bonchev–Trinajstić information content (AvgIpc) is 2.92. The number of fused-ring (bicyclic) bond motifs is 1. The zero-order chi connectivity index (χ0) is 24.9. The normalized spacial score (nSPS) is 13.8. The second kappa shape index (κ2) is 10.7. The highest BCUT2D eigenvalue weighted by Crippen LogP contribution is 2.31. The summed E-state index contributed by atoms with van der Waals surface area (Å²) in [5.74, 6) is -0.186. The Hall–Kier alpha value is -4.09. The van der Waals surface area contributed by atoms with Crippen molar-refractivity contribution in [2.75, 3.05) is 36.4 Å². The largest absolute Gasteiger partial charge is 0.366 e. The smallest absolute Gasteiger partial charge is 0.256 e. The first kappa shape index (κ1) is 23.6. The van der Waals surface area contributed by atoms with Gasteiger partial charge in [-0.05, 0) is 46.7 Å². The number of halogens is 1. The van der Waals surface area contributed by atoms with E-state index in [1.54, 1.807) is 12.1 Å². The van der Waals surface area contributed by atoms with E-state index in [9.17, 15) is 9.59 Å². The maximum atomic E-state index is 13.3. The molecule has 6 heteroatoms. The number of amides is 2. The van der Waals surface area contributed by atoms with Crippen molar-refractivity contribution in [2.45, 2.75) is 0 Å². The number of rotatable bonds is 5. The van der Waals surface area contributed by atoms with E-state index >= 15 is 0 Å². The Morgan fingerprint density at radius 1 is 0.806 bits per heavy atom. The Morgan fingerprint density at radius 3 is 2.33 bits per heavy atom. The van der Waals surface area contributed by atoms with Gasteiger partial charge in [-0.1, -0.05) is 78.3 Å². The van der Waals surface area contributed by atoms with Crippen molar-refractivity contribution in [1.82, 2.24) is 4.90 Å². The van der Waals surface area contributed by atoms with Gasteiger partial charge >= 0.3 is 0 Å². The summed E-state index contributed by atoms with van der Waals surface area (Å²) < 4.78 is 0. The fourth-order valence-corrected chi connectivity index (χ4v) is 4.67. The molecule has 1 heterocycles. The highest BCUT2D eigenvalue weighted by atomic mass is 35.5. The molecule has 0 atom stereocenters. The minimum absolute atomic E-state index is 0.000842. The minimum atomic E-state index is -0.185. The van der Waals surface area contributed by atoms with Gasteiger partial charge in [0, 0.05) is 42.8 Å². The predicted octanol–water partition coefficient (Wildman–Crippen LogP) is 6.11. The van der Waals surface area contributed by atoms with Crippen molar-refractivity contribution >= 4 is 51.6 Å². The van der Waals surface area contributed by atoms with Crippen LogP contribution in [0.5, 0.6) is 0 Å². The standard InChI is InChI=1S/C30H26ClN3O2/c31-24-14-15-28(27(21-24)32-30(36)26-12-6-10-23-9-4-5-11-25(23)26)33-17-19-34(20-18-33)29(35)16-13-22-7-2-1-3-8-22/h1-16,21H,17-20H2,(H,32,36)/b16-13+. The number of hydrogen-bond acceptors (Lipinski definition) is 3. The lowest BCUT2D eigenvalue weighted by atomic mass is 10.0. The van der Waals surface area contributed by atoms with Crippen molar-refractivity contribution < 1.29 is 9.59 Å². The molecule has 0 aromatic heterocycles. The van der Waals surface area contributed by atoms with E-state index in [1.807, 2.05) is 95.9 Å². The summed E-state index contributed by atoms with van der Waals surface area (Å²) in [7, 11) is 0. The number of benzene rings is 4. The fraction of sp³-hybridized carbons (Fsp3) is 0.133. The summed E-state index contributed by atoms with van der Waals surface area (Å²) in [6.07, 6.45) is 3.47. The molecule has 36 heavy (non-hydrogen) atoms. The fourth-order valence-electron chi connectivity index (χ4n) is 4.50. The molecule has 1 saturated heterocycles. The molecule has 5 nitrogen and oxygen atoms in total. The summed E-state index contributed by atoms with van der Waals surface area (Å²) in [6, 6.07) is 28.9. The van der Waals surface area contributed by atoms with E-state index in [2.05, 4.69) is 10.2 Å². The molecule has 1 fully saturated rings. The van der Waals surface area contributed by atoms with Gasteiger partial charge in [0.2, 0.25) is 5.91 Å². The molecule has 0 unspecified atom stereocenters. The molecule has 180 valence electrons. The van der Waals surface area contributed by atoms with Crippen LogP contribution in [0.3, 0.4) is 0 Å². The molecule has 4 aromatic rings. The van der Waals surface area contributed by atoms with Gasteiger partial charge in [0.05, 0.1) is 11.4 Å². The predicted molar refractivity (Wildman–Crippen MR) is 148 cm³/mol. The van der Waals surface area contributed by atoms with Crippen LogP contribution >= 0.6 is 11.6 Å². The Morgan fingerprint density at radius 2 is 1.53 bits per heavy atom. The Labute approximate surface area is 215 Å². The molecule has 0 spiro atoms. The summed E-state index contributed by atoms with van der Waals surface area (Å²) in [5, 5.41) is 5.53. The molecule has 1 aliphatic rings. The maximum absolute atomic E-state index is 13.3. The van der Waals surface area contributed by atoms with Gasteiger partial charge < -0.3 is 15.1 Å². The lowest BCUT2D eigenvalue weighted by Gasteiger charge is -2.36. The summed E-state index contributed by atoms with van der Waals surface area (Å²) in [5.41, 5.74) is 3.15. The third kappa shape index (κ3) is 5.26. The van der Waals surface area contributed by atoms with Crippen LogP contribution in [0.4, 0.5) is 11.4 Å². The van der Waals surface area contributed by atoms with E-state index in [4.69, 9.17) is 11.6 Å². The number of hydrogen-bond donors (Lipinski definition) is 1. The zero-order valence-electron chi connectivity index (χ0n) is 19.7. The van der Waals surface area contributed by atoms with Crippen molar-refractivity contribution in [3.8, 4) is 0 Å². The first-order valence-corrected chi connectivity index (χ1v) is 12.3. The molecule has 1 N–H and O–H groups in total. The quantitative estimate of drug-likeness (QED) is 0.340. The molecule has 5 rings (SSSR count). The summed E-state index contributed by atoms with van der Waals surface area (Å²) in [4.78, 5) is 30.0. The van der Waals surface area contributed by atoms with Gasteiger partial charge in [0.15, 0.2) is 0 Å². The van der Waals surface area contributed by atoms with Gasteiger partial charge in [-0.2, -0.15) is 0 Å². The Bertz CT molecular complexity index is 1420. The van der Waals surface area contributed by atoms with Crippen LogP contribution in [0.15, 0.2) is 97.1 Å². The van der Waals surface area contributed by atoms with Gasteiger partial charge in [0.1, 0.15) is 0 Å². The number of anilines is 2. The number of nitrogens with zero attached hydrogens (tertiary/aromatic N) is 2. The molecule has 4 aromatic carbocycles. The molecular formula is C30H26ClN3O2. The molecule has 0 aliphatic carbocycles. The third-order valence-corrected chi connectivity index (χ3v) is 6.63. The van der Waals surface area contributed by atoms with Gasteiger partial charge in [0.25, 0.3) is 5.91 Å². The Kier molecular flexibility index (Phi) is 7.01. The van der Waals surface area contributed by atoms with Crippen molar-refractivity contribution in [2.24, 2.45) is 0 Å². The van der Waals surface area contributed by atoms with Crippen LogP contribution in [0.25, 0.3) is 16.8 Å². The molecule has 0 radical (unpaired) electrons. The van der Waals surface area contributed by atoms with Crippen LogP contribution in [0.2, 0.25) is 5.02 Å². The van der Waals surface area contributed by atoms with Crippen molar-refractivity contribution in [3.05, 3.63) is 113 Å². The molecule has 2 amide bonds. The van der Waals surface area contributed by atoms with Crippen LogP contribution in [0.1, 0.15) is 15.9 Å². The van der Waals surface area contributed by atoms with Crippen LogP contribution in [-0.4, -0.2) is 42.9 Å². The van der Waals surface area contributed by atoms with Crippen molar-refractivity contribution in [3.63, 3.8) is 0 Å². The first-order chi connectivity index (χ1) is 17.6. The molecular weight excluding hydrogens is 470 g/mol. The molecule has 1 aliphatic heterocycles. The number of carbonyl (C=O) groups is 2. The SMILES string of the molecule is O=C(Nc1cc(Cl)ccc1N1CCN(C(=O)/C=C/c2ccccc2)CC1)c1cccc2ccccc12. The van der Waals surface area contributed by atoms with E-state index in [-0.39, 0.29) is 11.8 Å². The third-order valence-electron chi connectivity index (χ3n) is 6.39. The molecule has 0 saturated carbocycles.